The highest BCUT2D eigenvalue weighted by molar-refractivity contribution is 5.98. The van der Waals surface area contributed by atoms with Crippen LogP contribution in [0.25, 0.3) is 10.9 Å². The van der Waals surface area contributed by atoms with E-state index < -0.39 is 0 Å². The van der Waals surface area contributed by atoms with Gasteiger partial charge in [-0.25, -0.2) is 0 Å². The second-order valence-electron chi connectivity index (χ2n) is 5.43. The standard InChI is InChI=1S/C17H25N3O/c1-5-20(6-2)10-9-18-17(21)16-12-14-11-13(3)7-8-15(14)19(16)4/h7-8,11-12H,5-6,9-10H2,1-4H3,(H,18,21). The zero-order chi connectivity index (χ0) is 15.4. The smallest absolute Gasteiger partial charge is 0.267 e. The Kier molecular flexibility index (Phi) is 5.02. The summed E-state index contributed by atoms with van der Waals surface area (Å²) < 4.78 is 1.96. The van der Waals surface area contributed by atoms with Gasteiger partial charge in [0.25, 0.3) is 5.91 Å². The fraction of sp³-hybridized carbons (Fsp3) is 0.471. The van der Waals surface area contributed by atoms with Crippen LogP contribution in [0.15, 0.2) is 24.3 Å². The van der Waals surface area contributed by atoms with Crippen LogP contribution in [0.1, 0.15) is 29.9 Å². The summed E-state index contributed by atoms with van der Waals surface area (Å²) in [5.74, 6) is -0.00138. The molecule has 4 heteroatoms. The predicted octanol–water partition coefficient (Wildman–Crippen LogP) is 2.56. The third-order valence-electron chi connectivity index (χ3n) is 4.04. The lowest BCUT2D eigenvalue weighted by Crippen LogP contribution is -2.35. The van der Waals surface area contributed by atoms with Crippen LogP contribution >= 0.6 is 0 Å². The number of fused-ring (bicyclic) bond motifs is 1. The van der Waals surface area contributed by atoms with Crippen molar-refractivity contribution in [2.24, 2.45) is 7.05 Å². The molecule has 0 unspecified atom stereocenters. The van der Waals surface area contributed by atoms with Crippen molar-refractivity contribution >= 4 is 16.8 Å². The average molecular weight is 287 g/mol. The Balaban J connectivity index is 2.07. The molecule has 0 aliphatic rings. The number of amides is 1. The minimum atomic E-state index is -0.00138. The molecule has 21 heavy (non-hydrogen) atoms. The molecule has 114 valence electrons. The second kappa shape index (κ2) is 6.76. The lowest BCUT2D eigenvalue weighted by Gasteiger charge is -2.18. The monoisotopic (exact) mass is 287 g/mol. The first kappa shape index (κ1) is 15.6. The number of nitrogens with zero attached hydrogens (tertiary/aromatic N) is 2. The minimum Gasteiger partial charge on any atom is -0.349 e. The molecule has 0 bridgehead atoms. The summed E-state index contributed by atoms with van der Waals surface area (Å²) in [6, 6.07) is 8.22. The minimum absolute atomic E-state index is 0.00138. The second-order valence-corrected chi connectivity index (χ2v) is 5.43. The molecular formula is C17H25N3O. The Labute approximate surface area is 126 Å². The van der Waals surface area contributed by atoms with E-state index in [2.05, 4.69) is 49.2 Å². The lowest BCUT2D eigenvalue weighted by atomic mass is 10.2. The number of hydrogen-bond donors (Lipinski definition) is 1. The van der Waals surface area contributed by atoms with Crippen LogP contribution < -0.4 is 5.32 Å². The van der Waals surface area contributed by atoms with Crippen molar-refractivity contribution < 1.29 is 4.79 Å². The third kappa shape index (κ3) is 3.45. The Morgan fingerprint density at radius 2 is 1.95 bits per heavy atom. The van der Waals surface area contributed by atoms with E-state index in [0.29, 0.717) is 6.54 Å². The van der Waals surface area contributed by atoms with Crippen molar-refractivity contribution in [3.8, 4) is 0 Å². The summed E-state index contributed by atoms with van der Waals surface area (Å²) in [5.41, 5.74) is 3.02. The predicted molar refractivity (Wildman–Crippen MR) is 87.8 cm³/mol. The maximum absolute atomic E-state index is 12.3. The van der Waals surface area contributed by atoms with Crippen LogP contribution in [0.4, 0.5) is 0 Å². The van der Waals surface area contributed by atoms with Gasteiger partial charge < -0.3 is 14.8 Å². The summed E-state index contributed by atoms with van der Waals surface area (Å²) in [4.78, 5) is 14.6. The molecule has 0 saturated carbocycles. The fourth-order valence-electron chi connectivity index (χ4n) is 2.64. The van der Waals surface area contributed by atoms with Gasteiger partial charge in [-0.1, -0.05) is 25.5 Å². The van der Waals surface area contributed by atoms with Gasteiger partial charge in [-0.2, -0.15) is 0 Å². The molecule has 1 amide bonds. The number of carbonyl (C=O) groups excluding carboxylic acids is 1. The maximum Gasteiger partial charge on any atom is 0.267 e. The van der Waals surface area contributed by atoms with Gasteiger partial charge >= 0.3 is 0 Å². The van der Waals surface area contributed by atoms with Crippen LogP contribution in [0, 0.1) is 6.92 Å². The normalized spacial score (nSPS) is 11.3. The largest absolute Gasteiger partial charge is 0.349 e. The zero-order valence-electron chi connectivity index (χ0n) is 13.4. The molecule has 2 aromatic rings. The van der Waals surface area contributed by atoms with E-state index in [1.54, 1.807) is 0 Å². The van der Waals surface area contributed by atoms with E-state index in [1.807, 2.05) is 17.7 Å². The summed E-state index contributed by atoms with van der Waals surface area (Å²) in [6.45, 7) is 9.94. The molecule has 0 atom stereocenters. The molecule has 0 radical (unpaired) electrons. The molecule has 0 saturated heterocycles. The van der Waals surface area contributed by atoms with E-state index in [9.17, 15) is 4.79 Å². The number of rotatable bonds is 6. The molecule has 1 N–H and O–H groups in total. The average Bonchev–Trinajstić information content (AvgIpc) is 2.80. The van der Waals surface area contributed by atoms with Crippen molar-refractivity contribution in [3.63, 3.8) is 0 Å². The van der Waals surface area contributed by atoms with Crippen molar-refractivity contribution in [3.05, 3.63) is 35.5 Å². The molecule has 1 aromatic carbocycles. The molecule has 0 spiro atoms. The lowest BCUT2D eigenvalue weighted by molar-refractivity contribution is 0.0941. The third-order valence-corrected chi connectivity index (χ3v) is 4.04. The van der Waals surface area contributed by atoms with Crippen LogP contribution in [0.2, 0.25) is 0 Å². The quantitative estimate of drug-likeness (QED) is 0.886. The van der Waals surface area contributed by atoms with Crippen molar-refractivity contribution in [2.75, 3.05) is 26.2 Å². The van der Waals surface area contributed by atoms with Crippen molar-refractivity contribution in [2.45, 2.75) is 20.8 Å². The SMILES string of the molecule is CCN(CC)CCNC(=O)c1cc2cc(C)ccc2n1C. The van der Waals surface area contributed by atoms with Gasteiger partial charge in [0, 0.05) is 31.0 Å². The summed E-state index contributed by atoms with van der Waals surface area (Å²) in [5, 5.41) is 4.13. The van der Waals surface area contributed by atoms with Gasteiger partial charge in [0.2, 0.25) is 0 Å². The molecule has 2 rings (SSSR count). The first-order chi connectivity index (χ1) is 10.1. The van der Waals surface area contributed by atoms with E-state index in [0.717, 1.165) is 36.2 Å². The molecule has 4 nitrogen and oxygen atoms in total. The van der Waals surface area contributed by atoms with E-state index in [-0.39, 0.29) is 5.91 Å². The van der Waals surface area contributed by atoms with Crippen LogP contribution in [0.3, 0.4) is 0 Å². The Morgan fingerprint density at radius 3 is 2.62 bits per heavy atom. The van der Waals surface area contributed by atoms with E-state index in [4.69, 9.17) is 0 Å². The molecule has 1 heterocycles. The van der Waals surface area contributed by atoms with E-state index in [1.165, 1.54) is 5.56 Å². The van der Waals surface area contributed by atoms with Crippen molar-refractivity contribution in [1.82, 2.24) is 14.8 Å². The Bertz CT molecular complexity index is 626. The van der Waals surface area contributed by atoms with Gasteiger partial charge in [-0.05, 0) is 38.2 Å². The number of benzene rings is 1. The zero-order valence-corrected chi connectivity index (χ0v) is 13.4. The van der Waals surface area contributed by atoms with Gasteiger partial charge in [0.05, 0.1) is 0 Å². The topological polar surface area (TPSA) is 37.3 Å². The highest BCUT2D eigenvalue weighted by Gasteiger charge is 2.13. The van der Waals surface area contributed by atoms with Crippen LogP contribution in [-0.4, -0.2) is 41.6 Å². The molecular weight excluding hydrogens is 262 g/mol. The van der Waals surface area contributed by atoms with Crippen LogP contribution in [-0.2, 0) is 7.05 Å². The number of aromatic nitrogens is 1. The van der Waals surface area contributed by atoms with E-state index >= 15 is 0 Å². The molecule has 0 aliphatic heterocycles. The van der Waals surface area contributed by atoms with Gasteiger partial charge in [-0.3, -0.25) is 4.79 Å². The Hall–Kier alpha value is -1.81. The molecule has 1 aromatic heterocycles. The highest BCUT2D eigenvalue weighted by Crippen LogP contribution is 2.19. The number of likely N-dealkylation sites (N-methyl/N-ethyl adjacent to an activating group) is 1. The van der Waals surface area contributed by atoms with Crippen LogP contribution in [0.5, 0.6) is 0 Å². The molecule has 0 fully saturated rings. The number of carbonyl (C=O) groups is 1. The summed E-state index contributed by atoms with van der Waals surface area (Å²) in [6.07, 6.45) is 0. The fourth-order valence-corrected chi connectivity index (χ4v) is 2.64. The highest BCUT2D eigenvalue weighted by atomic mass is 16.1. The maximum atomic E-state index is 12.3. The first-order valence-corrected chi connectivity index (χ1v) is 7.63. The number of aryl methyl sites for hydroxylation is 2. The summed E-state index contributed by atoms with van der Waals surface area (Å²) in [7, 11) is 1.94. The van der Waals surface area contributed by atoms with Gasteiger partial charge in [0.15, 0.2) is 0 Å². The first-order valence-electron chi connectivity index (χ1n) is 7.63. The number of nitrogens with one attached hydrogen (secondary N) is 1. The molecule has 0 aliphatic carbocycles. The Morgan fingerprint density at radius 1 is 1.24 bits per heavy atom. The van der Waals surface area contributed by atoms with Gasteiger partial charge in [-0.15, -0.1) is 0 Å². The summed E-state index contributed by atoms with van der Waals surface area (Å²) >= 11 is 0. The number of hydrogen-bond acceptors (Lipinski definition) is 2. The van der Waals surface area contributed by atoms with Gasteiger partial charge in [0.1, 0.15) is 5.69 Å². The van der Waals surface area contributed by atoms with Crippen molar-refractivity contribution in [1.29, 1.82) is 0 Å².